The average Bonchev–Trinajstić information content (AvgIpc) is 3.03. The van der Waals surface area contributed by atoms with Crippen molar-refractivity contribution >= 4 is 12.2 Å². The molecule has 0 spiro atoms. The number of nitrogens with one attached hydrogen (secondary N) is 1. The molecule has 2 aromatic rings. The van der Waals surface area contributed by atoms with Crippen LogP contribution in [0.25, 0.3) is 0 Å². The van der Waals surface area contributed by atoms with Gasteiger partial charge in [-0.3, -0.25) is 4.90 Å². The second kappa shape index (κ2) is 10.0. The first kappa shape index (κ1) is 23.6. The number of aliphatic hydroxyl groups excluding tert-OH is 1. The Morgan fingerprint density at radius 2 is 1.62 bits per heavy atom. The normalized spacial score (nSPS) is 23.0. The molecule has 2 amide bonds. The Labute approximate surface area is 189 Å². The van der Waals surface area contributed by atoms with Crippen molar-refractivity contribution in [3.05, 3.63) is 71.8 Å². The molecule has 32 heavy (non-hydrogen) atoms. The van der Waals surface area contributed by atoms with Crippen molar-refractivity contribution in [3.63, 3.8) is 0 Å². The van der Waals surface area contributed by atoms with E-state index in [0.717, 1.165) is 11.1 Å². The Balaban J connectivity index is 1.88. The largest absolute Gasteiger partial charge is 0.445 e. The summed E-state index contributed by atoms with van der Waals surface area (Å²) in [5.74, 6) is -0.392. The Kier molecular flexibility index (Phi) is 7.40. The minimum absolute atomic E-state index is 0.137. The number of hydrogen-bond acceptors (Lipinski definition) is 5. The number of hydrogen-bond donors (Lipinski definition) is 2. The molecule has 0 radical (unpaired) electrons. The number of nitrogens with zero attached hydrogens (tertiary/aromatic N) is 1. The van der Waals surface area contributed by atoms with Gasteiger partial charge in [0.15, 0.2) is 0 Å². The van der Waals surface area contributed by atoms with Gasteiger partial charge in [-0.25, -0.2) is 9.59 Å². The first-order valence-electron chi connectivity index (χ1n) is 10.9. The van der Waals surface area contributed by atoms with Crippen LogP contribution in [0.3, 0.4) is 0 Å². The van der Waals surface area contributed by atoms with E-state index in [1.165, 1.54) is 0 Å². The number of benzene rings is 2. The number of ether oxygens (including phenoxy) is 2. The highest BCUT2D eigenvalue weighted by molar-refractivity contribution is 5.72. The summed E-state index contributed by atoms with van der Waals surface area (Å²) in [6, 6.07) is 17.5. The van der Waals surface area contributed by atoms with E-state index in [1.807, 2.05) is 67.6 Å². The minimum atomic E-state index is -0.667. The van der Waals surface area contributed by atoms with Gasteiger partial charge in [0.2, 0.25) is 0 Å². The molecule has 3 rings (SSSR count). The molecule has 1 fully saturated rings. The molecule has 1 aliphatic heterocycles. The molecule has 2 N–H and O–H groups in total. The van der Waals surface area contributed by atoms with Gasteiger partial charge in [-0.2, -0.15) is 0 Å². The van der Waals surface area contributed by atoms with Crippen LogP contribution in [-0.2, 0) is 16.1 Å². The SMILES string of the molecule is C[C@@H]1[C@@H](CO)[C@H](NC(=O)OC(C)(C)C)[C@H](c2ccccc2)N1C(=O)OCc1ccccc1. The lowest BCUT2D eigenvalue weighted by Gasteiger charge is -2.30. The number of rotatable bonds is 5. The van der Waals surface area contributed by atoms with Crippen LogP contribution in [0.2, 0.25) is 0 Å². The van der Waals surface area contributed by atoms with E-state index in [-0.39, 0.29) is 19.3 Å². The molecule has 1 heterocycles. The summed E-state index contributed by atoms with van der Waals surface area (Å²) >= 11 is 0. The molecular weight excluding hydrogens is 408 g/mol. The van der Waals surface area contributed by atoms with Gasteiger partial charge >= 0.3 is 12.2 Å². The summed E-state index contributed by atoms with van der Waals surface area (Å²) < 4.78 is 11.1. The highest BCUT2D eigenvalue weighted by Gasteiger charge is 2.51. The minimum Gasteiger partial charge on any atom is -0.445 e. The zero-order valence-corrected chi connectivity index (χ0v) is 19.0. The highest BCUT2D eigenvalue weighted by Crippen LogP contribution is 2.41. The Morgan fingerprint density at radius 3 is 2.19 bits per heavy atom. The van der Waals surface area contributed by atoms with Crippen molar-refractivity contribution in [3.8, 4) is 0 Å². The molecule has 7 nitrogen and oxygen atoms in total. The third kappa shape index (κ3) is 5.59. The fourth-order valence-electron chi connectivity index (χ4n) is 4.15. The zero-order chi connectivity index (χ0) is 23.3. The lowest BCUT2D eigenvalue weighted by atomic mass is 9.92. The maximum Gasteiger partial charge on any atom is 0.410 e. The second-order valence-corrected chi connectivity index (χ2v) is 9.06. The van der Waals surface area contributed by atoms with Crippen LogP contribution in [-0.4, -0.2) is 46.5 Å². The van der Waals surface area contributed by atoms with Crippen LogP contribution >= 0.6 is 0 Å². The van der Waals surface area contributed by atoms with E-state index < -0.39 is 35.8 Å². The number of alkyl carbamates (subject to hydrolysis) is 1. The second-order valence-electron chi connectivity index (χ2n) is 9.06. The molecule has 0 saturated carbocycles. The van der Waals surface area contributed by atoms with Gasteiger partial charge in [0.1, 0.15) is 12.2 Å². The van der Waals surface area contributed by atoms with Crippen molar-refractivity contribution in [1.29, 1.82) is 0 Å². The maximum atomic E-state index is 13.2. The molecule has 2 aromatic carbocycles. The van der Waals surface area contributed by atoms with Gasteiger partial charge in [0.25, 0.3) is 0 Å². The van der Waals surface area contributed by atoms with Gasteiger partial charge in [0, 0.05) is 18.6 Å². The number of carbonyl (C=O) groups is 2. The quantitative estimate of drug-likeness (QED) is 0.725. The van der Waals surface area contributed by atoms with E-state index in [0.29, 0.717) is 0 Å². The molecule has 4 atom stereocenters. The molecule has 7 heteroatoms. The first-order chi connectivity index (χ1) is 15.2. The third-order valence-corrected chi connectivity index (χ3v) is 5.61. The monoisotopic (exact) mass is 440 g/mol. The van der Waals surface area contributed by atoms with Gasteiger partial charge < -0.3 is 19.9 Å². The molecule has 172 valence electrons. The van der Waals surface area contributed by atoms with Gasteiger partial charge in [-0.1, -0.05) is 60.7 Å². The van der Waals surface area contributed by atoms with E-state index in [9.17, 15) is 14.7 Å². The summed E-state index contributed by atoms with van der Waals surface area (Å²) in [5.41, 5.74) is 1.05. The summed E-state index contributed by atoms with van der Waals surface area (Å²) in [6.45, 7) is 7.16. The van der Waals surface area contributed by atoms with Crippen LogP contribution in [0.4, 0.5) is 9.59 Å². The summed E-state index contributed by atoms with van der Waals surface area (Å²) in [6.07, 6.45) is -1.09. The fourth-order valence-corrected chi connectivity index (χ4v) is 4.15. The number of aliphatic hydroxyl groups is 1. The van der Waals surface area contributed by atoms with Gasteiger partial charge in [-0.05, 0) is 38.8 Å². The smallest absolute Gasteiger partial charge is 0.410 e. The fraction of sp³-hybridized carbons (Fsp3) is 0.440. The Bertz CT molecular complexity index is 898. The lowest BCUT2D eigenvalue weighted by Crippen LogP contribution is -2.46. The van der Waals surface area contributed by atoms with Crippen LogP contribution < -0.4 is 5.32 Å². The summed E-state index contributed by atoms with van der Waals surface area (Å²) in [7, 11) is 0. The molecule has 1 aliphatic rings. The van der Waals surface area contributed by atoms with Gasteiger partial charge in [0.05, 0.1) is 12.1 Å². The standard InChI is InChI=1S/C25H32N2O5/c1-17-20(15-28)21(26-23(29)32-25(2,3)4)22(19-13-9-6-10-14-19)27(17)24(30)31-16-18-11-7-5-8-12-18/h5-14,17,20-22,28H,15-16H2,1-4H3,(H,26,29)/t17-,20-,21+,22+/m1/s1. The molecule has 0 unspecified atom stereocenters. The number of carbonyl (C=O) groups excluding carboxylic acids is 2. The van der Waals surface area contributed by atoms with Crippen LogP contribution in [0, 0.1) is 5.92 Å². The van der Waals surface area contributed by atoms with Crippen molar-refractivity contribution in [1.82, 2.24) is 10.2 Å². The van der Waals surface area contributed by atoms with Crippen LogP contribution in [0.15, 0.2) is 60.7 Å². The van der Waals surface area contributed by atoms with E-state index in [1.54, 1.807) is 25.7 Å². The van der Waals surface area contributed by atoms with Crippen molar-refractivity contribution < 1.29 is 24.2 Å². The zero-order valence-electron chi connectivity index (χ0n) is 19.0. The summed E-state index contributed by atoms with van der Waals surface area (Å²) in [5, 5.41) is 13.1. The number of likely N-dealkylation sites (tertiary alicyclic amines) is 1. The topological polar surface area (TPSA) is 88.1 Å². The van der Waals surface area contributed by atoms with Crippen LogP contribution in [0.1, 0.15) is 44.9 Å². The van der Waals surface area contributed by atoms with Gasteiger partial charge in [-0.15, -0.1) is 0 Å². The maximum absolute atomic E-state index is 13.2. The molecular formula is C25H32N2O5. The van der Waals surface area contributed by atoms with Crippen molar-refractivity contribution in [2.75, 3.05) is 6.61 Å². The molecule has 0 bridgehead atoms. The van der Waals surface area contributed by atoms with Crippen molar-refractivity contribution in [2.24, 2.45) is 5.92 Å². The number of amides is 2. The summed E-state index contributed by atoms with van der Waals surface area (Å²) in [4.78, 5) is 27.4. The van der Waals surface area contributed by atoms with E-state index in [4.69, 9.17) is 9.47 Å². The van der Waals surface area contributed by atoms with Crippen LogP contribution in [0.5, 0.6) is 0 Å². The first-order valence-corrected chi connectivity index (χ1v) is 10.9. The van der Waals surface area contributed by atoms with E-state index >= 15 is 0 Å². The molecule has 0 aromatic heterocycles. The highest BCUT2D eigenvalue weighted by atomic mass is 16.6. The third-order valence-electron chi connectivity index (χ3n) is 5.61. The van der Waals surface area contributed by atoms with E-state index in [2.05, 4.69) is 5.32 Å². The van der Waals surface area contributed by atoms with Crippen molar-refractivity contribution in [2.45, 2.75) is 58.0 Å². The average molecular weight is 441 g/mol. The predicted molar refractivity (Wildman–Crippen MR) is 121 cm³/mol. The Morgan fingerprint density at radius 1 is 1.03 bits per heavy atom. The molecule has 1 saturated heterocycles. The Hall–Kier alpha value is -3.06. The lowest BCUT2D eigenvalue weighted by molar-refractivity contribution is 0.0465. The molecule has 0 aliphatic carbocycles. The predicted octanol–water partition coefficient (Wildman–Crippen LogP) is 4.27.